The highest BCUT2D eigenvalue weighted by Crippen LogP contribution is 2.35. The maximum Gasteiger partial charge on any atom is 0.280 e. The van der Waals surface area contributed by atoms with Crippen LogP contribution in [0.3, 0.4) is 0 Å². The quantitative estimate of drug-likeness (QED) is 0.425. The van der Waals surface area contributed by atoms with Crippen molar-refractivity contribution >= 4 is 22.5 Å². The monoisotopic (exact) mass is 480 g/mol. The van der Waals surface area contributed by atoms with E-state index in [2.05, 4.69) is 20.4 Å². The van der Waals surface area contributed by atoms with Gasteiger partial charge in [-0.05, 0) is 37.2 Å². The summed E-state index contributed by atoms with van der Waals surface area (Å²) in [6, 6.07) is 3.21. The molecule has 4 heterocycles. The van der Waals surface area contributed by atoms with Crippen molar-refractivity contribution in [3.63, 3.8) is 0 Å². The molecule has 8 nitrogen and oxygen atoms in total. The molecule has 3 aromatic heterocycles. The van der Waals surface area contributed by atoms with E-state index < -0.39 is 38.0 Å². The van der Waals surface area contributed by atoms with Crippen LogP contribution >= 0.6 is 0 Å². The minimum Gasteiger partial charge on any atom is -0.479 e. The Bertz CT molecular complexity index is 1460. The summed E-state index contributed by atoms with van der Waals surface area (Å²) in [4.78, 5) is 9.03. The van der Waals surface area contributed by atoms with Gasteiger partial charge in [-0.15, -0.1) is 5.10 Å². The standard InChI is InChI=1S/C22H23F4N7O/c1-31-6-4-17(22(25,26)11-31)28-21-29-20(34-2)19-14(3-7-33(19)30-21)13-9-15(24)18-16(10-13)32(8-5-23)12-27-18/h3,7,9-10,12,17H,4-6,8,11H2,1-2H3,(H,28,30)/t17-/m1/s1/i1D3. The van der Waals surface area contributed by atoms with Gasteiger partial charge < -0.3 is 19.5 Å². The van der Waals surface area contributed by atoms with Gasteiger partial charge in [0.1, 0.15) is 17.7 Å². The average molecular weight is 480 g/mol. The molecule has 1 aromatic carbocycles. The van der Waals surface area contributed by atoms with E-state index >= 15 is 0 Å². The summed E-state index contributed by atoms with van der Waals surface area (Å²) >= 11 is 0. The molecule has 1 aliphatic heterocycles. The molecule has 34 heavy (non-hydrogen) atoms. The fourth-order valence-corrected chi connectivity index (χ4v) is 4.25. The Morgan fingerprint density at radius 1 is 1.35 bits per heavy atom. The molecule has 1 saturated heterocycles. The van der Waals surface area contributed by atoms with Crippen molar-refractivity contribution in [2.45, 2.75) is 24.9 Å². The lowest BCUT2D eigenvalue weighted by Crippen LogP contribution is -2.53. The predicted molar refractivity (Wildman–Crippen MR) is 119 cm³/mol. The molecule has 0 spiro atoms. The van der Waals surface area contributed by atoms with Crippen molar-refractivity contribution in [2.75, 3.05) is 39.2 Å². The first-order chi connectivity index (χ1) is 17.5. The lowest BCUT2D eigenvalue weighted by molar-refractivity contribution is -0.0675. The van der Waals surface area contributed by atoms with Crippen LogP contribution in [0.15, 0.2) is 30.7 Å². The van der Waals surface area contributed by atoms with Gasteiger partial charge in [-0.3, -0.25) is 0 Å². The molecule has 1 aliphatic rings. The van der Waals surface area contributed by atoms with Gasteiger partial charge in [0.15, 0.2) is 5.82 Å². The van der Waals surface area contributed by atoms with Crippen LogP contribution in [0, 0.1) is 5.82 Å². The molecule has 0 unspecified atom stereocenters. The van der Waals surface area contributed by atoms with Crippen molar-refractivity contribution < 1.29 is 26.4 Å². The predicted octanol–water partition coefficient (Wildman–Crippen LogP) is 3.61. The summed E-state index contributed by atoms with van der Waals surface area (Å²) < 4.78 is 87.8. The smallest absolute Gasteiger partial charge is 0.280 e. The average Bonchev–Trinajstić information content (AvgIpc) is 3.44. The summed E-state index contributed by atoms with van der Waals surface area (Å²) in [5.41, 5.74) is 1.84. The first-order valence-corrected chi connectivity index (χ1v) is 10.6. The second kappa shape index (κ2) is 8.42. The van der Waals surface area contributed by atoms with E-state index in [1.54, 1.807) is 18.3 Å². The molecular formula is C22H23F4N7O. The fraction of sp³-hybridized carbons (Fsp3) is 0.409. The second-order valence-electron chi connectivity index (χ2n) is 8.09. The topological polar surface area (TPSA) is 72.5 Å². The molecule has 180 valence electrons. The van der Waals surface area contributed by atoms with Crippen molar-refractivity contribution in [1.82, 2.24) is 29.0 Å². The molecule has 0 amide bonds. The molecule has 1 N–H and O–H groups in total. The number of methoxy groups -OCH3 is 1. The highest BCUT2D eigenvalue weighted by molar-refractivity contribution is 5.90. The maximum absolute atomic E-state index is 14.8. The number of anilines is 1. The summed E-state index contributed by atoms with van der Waals surface area (Å²) in [6.07, 6.45) is 2.78. The minimum atomic E-state index is -3.35. The van der Waals surface area contributed by atoms with Crippen LogP contribution in [0.4, 0.5) is 23.5 Å². The number of alkyl halides is 3. The summed E-state index contributed by atoms with van der Waals surface area (Å²) in [5.74, 6) is -4.02. The van der Waals surface area contributed by atoms with Gasteiger partial charge >= 0.3 is 0 Å². The normalized spacial score (nSPS) is 20.3. The lowest BCUT2D eigenvalue weighted by Gasteiger charge is -2.36. The van der Waals surface area contributed by atoms with Gasteiger partial charge in [0, 0.05) is 22.4 Å². The van der Waals surface area contributed by atoms with E-state index in [1.807, 2.05) is 0 Å². The van der Waals surface area contributed by atoms with Crippen molar-refractivity contribution in [3.05, 3.63) is 36.5 Å². The zero-order valence-electron chi connectivity index (χ0n) is 21.1. The van der Waals surface area contributed by atoms with Gasteiger partial charge in [0.25, 0.3) is 5.92 Å². The van der Waals surface area contributed by atoms with Gasteiger partial charge in [0.05, 0.1) is 38.1 Å². The Kier molecular flexibility index (Phi) is 4.70. The summed E-state index contributed by atoms with van der Waals surface area (Å²) in [6.45, 7) is -4.21. The molecule has 1 fully saturated rings. The first kappa shape index (κ1) is 19.0. The molecule has 0 aliphatic carbocycles. The number of hydrogen-bond donors (Lipinski definition) is 1. The van der Waals surface area contributed by atoms with Crippen LogP contribution in [0.2, 0.25) is 0 Å². The third-order valence-corrected chi connectivity index (χ3v) is 5.89. The molecule has 5 rings (SSSR count). The highest BCUT2D eigenvalue weighted by atomic mass is 19.3. The van der Waals surface area contributed by atoms with E-state index in [-0.39, 0.29) is 36.9 Å². The van der Waals surface area contributed by atoms with Crippen LogP contribution in [-0.2, 0) is 6.54 Å². The Hall–Kier alpha value is -3.41. The van der Waals surface area contributed by atoms with Gasteiger partial charge in [0.2, 0.25) is 11.8 Å². The zero-order valence-corrected chi connectivity index (χ0v) is 18.1. The molecule has 0 radical (unpaired) electrons. The number of halogens is 4. The van der Waals surface area contributed by atoms with Crippen molar-refractivity contribution in [2.24, 2.45) is 0 Å². The number of fused-ring (bicyclic) bond motifs is 2. The zero-order chi connectivity index (χ0) is 26.5. The number of aromatic nitrogens is 5. The van der Waals surface area contributed by atoms with Gasteiger partial charge in [-0.1, -0.05) is 0 Å². The number of hydrogen-bond acceptors (Lipinski definition) is 6. The van der Waals surface area contributed by atoms with Crippen LogP contribution in [0.5, 0.6) is 5.88 Å². The summed E-state index contributed by atoms with van der Waals surface area (Å²) in [5, 5.41) is 6.89. The SMILES string of the molecule is [2H]C([2H])([2H])N1CC[C@@H](Nc2nc(OC)c3c(-c4cc(F)c5ncn(CCF)c5c4)ccn3n2)C(F)(F)C1. The van der Waals surface area contributed by atoms with Crippen LogP contribution in [0.25, 0.3) is 27.7 Å². The number of ether oxygens (including phenoxy) is 1. The van der Waals surface area contributed by atoms with Crippen LogP contribution < -0.4 is 10.1 Å². The molecule has 1 atom stereocenters. The molecular weight excluding hydrogens is 454 g/mol. The Labute approximate surface area is 196 Å². The Morgan fingerprint density at radius 2 is 2.21 bits per heavy atom. The molecule has 0 bridgehead atoms. The van der Waals surface area contributed by atoms with Crippen LogP contribution in [-0.4, -0.2) is 74.9 Å². The highest BCUT2D eigenvalue weighted by Gasteiger charge is 2.44. The number of imidazole rings is 1. The van der Waals surface area contributed by atoms with E-state index in [4.69, 9.17) is 8.85 Å². The first-order valence-electron chi connectivity index (χ1n) is 12.1. The minimum absolute atomic E-state index is 0.0211. The van der Waals surface area contributed by atoms with Gasteiger partial charge in [-0.2, -0.15) is 4.98 Å². The van der Waals surface area contributed by atoms with E-state index in [0.29, 0.717) is 22.2 Å². The fourth-order valence-electron chi connectivity index (χ4n) is 4.25. The third-order valence-electron chi connectivity index (χ3n) is 5.89. The number of piperidine rings is 1. The van der Waals surface area contributed by atoms with E-state index in [1.165, 1.54) is 28.6 Å². The largest absolute Gasteiger partial charge is 0.479 e. The summed E-state index contributed by atoms with van der Waals surface area (Å²) in [7, 11) is 1.35. The number of likely N-dealkylation sites (tertiary alicyclic amines) is 1. The van der Waals surface area contributed by atoms with Gasteiger partial charge in [-0.25, -0.2) is 27.1 Å². The number of benzene rings is 1. The Morgan fingerprint density at radius 3 is 2.94 bits per heavy atom. The lowest BCUT2D eigenvalue weighted by atomic mass is 10.0. The molecule has 0 saturated carbocycles. The van der Waals surface area contributed by atoms with E-state index in [0.717, 1.165) is 4.90 Å². The van der Waals surface area contributed by atoms with Crippen LogP contribution in [0.1, 0.15) is 10.5 Å². The third kappa shape index (κ3) is 3.81. The maximum atomic E-state index is 14.8. The Balaban J connectivity index is 1.49. The molecule has 4 aromatic rings. The number of nitrogens with zero attached hydrogens (tertiary/aromatic N) is 6. The second-order valence-corrected chi connectivity index (χ2v) is 8.09. The van der Waals surface area contributed by atoms with Crippen molar-refractivity contribution in [3.8, 4) is 17.0 Å². The molecule has 12 heteroatoms. The number of nitrogens with one attached hydrogen (secondary N) is 1. The number of aryl methyl sites for hydroxylation is 1. The van der Waals surface area contributed by atoms with E-state index in [9.17, 15) is 17.6 Å². The number of rotatable bonds is 6. The van der Waals surface area contributed by atoms with Crippen molar-refractivity contribution in [1.29, 1.82) is 0 Å².